The lowest BCUT2D eigenvalue weighted by atomic mass is 10.1. The maximum atomic E-state index is 10.7. The quantitative estimate of drug-likeness (QED) is 0.407. The van der Waals surface area contributed by atoms with E-state index in [2.05, 4.69) is 0 Å². The summed E-state index contributed by atoms with van der Waals surface area (Å²) in [4.78, 5) is 10.7. The Morgan fingerprint density at radius 2 is 2.08 bits per heavy atom. The third kappa shape index (κ3) is 2.16. The van der Waals surface area contributed by atoms with Crippen molar-refractivity contribution in [3.8, 4) is 0 Å². The fourth-order valence-corrected chi connectivity index (χ4v) is 1.11. The summed E-state index contributed by atoms with van der Waals surface area (Å²) in [6.07, 6.45) is 2.41. The number of carbonyl (C=O) groups excluding carboxylic acids is 1. The van der Waals surface area contributed by atoms with Crippen molar-refractivity contribution >= 4 is 17.5 Å². The summed E-state index contributed by atoms with van der Waals surface area (Å²) in [5.41, 5.74) is 12.9. The van der Waals surface area contributed by atoms with Gasteiger partial charge in [-0.2, -0.15) is 0 Å². The van der Waals surface area contributed by atoms with Crippen molar-refractivity contribution in [3.05, 3.63) is 35.9 Å². The van der Waals surface area contributed by atoms with E-state index in [1.807, 2.05) is 12.1 Å². The number of aldehydes is 1. The Kier molecular flexibility index (Phi) is 3.23. The summed E-state index contributed by atoms with van der Waals surface area (Å²) >= 11 is 0. The number of benzene rings is 1. The molecule has 3 heteroatoms. The van der Waals surface area contributed by atoms with Crippen molar-refractivity contribution in [2.45, 2.75) is 0 Å². The van der Waals surface area contributed by atoms with Crippen LogP contribution in [0.1, 0.15) is 5.56 Å². The molecule has 0 bridgehead atoms. The van der Waals surface area contributed by atoms with Crippen LogP contribution in [-0.2, 0) is 4.79 Å². The molecule has 0 aliphatic carbocycles. The molecule has 1 aromatic rings. The van der Waals surface area contributed by atoms with Crippen molar-refractivity contribution in [1.29, 1.82) is 0 Å². The van der Waals surface area contributed by atoms with Crippen LogP contribution < -0.4 is 11.5 Å². The van der Waals surface area contributed by atoms with Crippen molar-refractivity contribution in [3.63, 3.8) is 0 Å². The molecule has 0 aromatic heterocycles. The van der Waals surface area contributed by atoms with E-state index in [4.69, 9.17) is 11.5 Å². The van der Waals surface area contributed by atoms with Gasteiger partial charge in [-0.25, -0.2) is 0 Å². The first-order valence-corrected chi connectivity index (χ1v) is 4.00. The molecule has 0 spiro atoms. The standard InChI is InChI=1S/C10H12N2O/c11-6-5-8(7-13)9-3-1-2-4-10(9)12/h1-5,7H,6,11-12H2/b8-5+. The van der Waals surface area contributed by atoms with Gasteiger partial charge in [-0.15, -0.1) is 0 Å². The Bertz CT molecular complexity index is 331. The number of nitrogens with two attached hydrogens (primary N) is 2. The number of rotatable bonds is 3. The van der Waals surface area contributed by atoms with E-state index in [1.54, 1.807) is 18.2 Å². The molecule has 1 aromatic carbocycles. The van der Waals surface area contributed by atoms with Crippen LogP contribution in [0, 0.1) is 0 Å². The van der Waals surface area contributed by atoms with Crippen LogP contribution in [-0.4, -0.2) is 12.8 Å². The second-order valence-electron chi connectivity index (χ2n) is 2.60. The third-order valence-corrected chi connectivity index (χ3v) is 1.74. The minimum atomic E-state index is 0.336. The van der Waals surface area contributed by atoms with Crippen molar-refractivity contribution in [2.24, 2.45) is 5.73 Å². The predicted octanol–water partition coefficient (Wildman–Crippen LogP) is 0.810. The van der Waals surface area contributed by atoms with Gasteiger partial charge in [0, 0.05) is 23.4 Å². The van der Waals surface area contributed by atoms with E-state index in [0.29, 0.717) is 17.8 Å². The van der Waals surface area contributed by atoms with E-state index in [1.165, 1.54) is 0 Å². The van der Waals surface area contributed by atoms with E-state index >= 15 is 0 Å². The topological polar surface area (TPSA) is 69.1 Å². The summed E-state index contributed by atoms with van der Waals surface area (Å²) in [5, 5.41) is 0. The number of hydrogen-bond donors (Lipinski definition) is 2. The molecule has 0 saturated carbocycles. The van der Waals surface area contributed by atoms with E-state index in [0.717, 1.165) is 11.8 Å². The van der Waals surface area contributed by atoms with Gasteiger partial charge in [0.2, 0.25) is 0 Å². The van der Waals surface area contributed by atoms with Gasteiger partial charge in [-0.3, -0.25) is 4.79 Å². The number of hydrogen-bond acceptors (Lipinski definition) is 3. The second-order valence-corrected chi connectivity index (χ2v) is 2.60. The highest BCUT2D eigenvalue weighted by atomic mass is 16.1. The molecule has 0 aliphatic heterocycles. The zero-order valence-corrected chi connectivity index (χ0v) is 7.23. The molecule has 0 aliphatic rings. The molecular formula is C10H12N2O. The largest absolute Gasteiger partial charge is 0.398 e. The Morgan fingerprint density at radius 1 is 1.38 bits per heavy atom. The van der Waals surface area contributed by atoms with E-state index in [9.17, 15) is 4.79 Å². The maximum absolute atomic E-state index is 10.7. The number of carbonyl (C=O) groups is 1. The highest BCUT2D eigenvalue weighted by molar-refractivity contribution is 6.09. The second kappa shape index (κ2) is 4.42. The first-order chi connectivity index (χ1) is 6.29. The lowest BCUT2D eigenvalue weighted by molar-refractivity contribution is -0.103. The maximum Gasteiger partial charge on any atom is 0.150 e. The van der Waals surface area contributed by atoms with Gasteiger partial charge in [0.15, 0.2) is 0 Å². The van der Waals surface area contributed by atoms with Crippen molar-refractivity contribution < 1.29 is 4.79 Å². The summed E-state index contributed by atoms with van der Waals surface area (Å²) < 4.78 is 0. The summed E-state index contributed by atoms with van der Waals surface area (Å²) in [6.45, 7) is 0.336. The van der Waals surface area contributed by atoms with Gasteiger partial charge in [-0.1, -0.05) is 24.3 Å². The number of nitrogen functional groups attached to an aromatic ring is 1. The minimum absolute atomic E-state index is 0.336. The predicted molar refractivity (Wildman–Crippen MR) is 53.9 cm³/mol. The normalized spacial score (nSPS) is 11.3. The fourth-order valence-electron chi connectivity index (χ4n) is 1.11. The molecule has 0 saturated heterocycles. The Balaban J connectivity index is 3.12. The zero-order chi connectivity index (χ0) is 9.68. The SMILES string of the molecule is NC/C=C(\C=O)c1ccccc1N. The Morgan fingerprint density at radius 3 is 2.62 bits per heavy atom. The monoisotopic (exact) mass is 176 g/mol. The van der Waals surface area contributed by atoms with Crippen molar-refractivity contribution in [1.82, 2.24) is 0 Å². The van der Waals surface area contributed by atoms with Gasteiger partial charge in [0.05, 0.1) is 0 Å². The zero-order valence-electron chi connectivity index (χ0n) is 7.23. The Hall–Kier alpha value is -1.61. The van der Waals surface area contributed by atoms with Crippen LogP contribution in [0.2, 0.25) is 0 Å². The van der Waals surface area contributed by atoms with Gasteiger partial charge in [0.1, 0.15) is 6.29 Å². The van der Waals surface area contributed by atoms with Gasteiger partial charge >= 0.3 is 0 Å². The van der Waals surface area contributed by atoms with E-state index < -0.39 is 0 Å². The van der Waals surface area contributed by atoms with Crippen LogP contribution in [0.3, 0.4) is 0 Å². The number of para-hydroxylation sites is 1. The summed E-state index contributed by atoms with van der Waals surface area (Å²) in [7, 11) is 0. The first kappa shape index (κ1) is 9.48. The lowest BCUT2D eigenvalue weighted by Gasteiger charge is -2.03. The average molecular weight is 176 g/mol. The van der Waals surface area contributed by atoms with E-state index in [-0.39, 0.29) is 0 Å². The van der Waals surface area contributed by atoms with Crippen LogP contribution in [0.4, 0.5) is 5.69 Å². The molecule has 3 nitrogen and oxygen atoms in total. The molecule has 0 fully saturated rings. The molecule has 1 rings (SSSR count). The molecule has 13 heavy (non-hydrogen) atoms. The molecule has 0 heterocycles. The first-order valence-electron chi connectivity index (χ1n) is 4.00. The summed E-state index contributed by atoms with van der Waals surface area (Å²) in [5.74, 6) is 0. The smallest absolute Gasteiger partial charge is 0.150 e. The highest BCUT2D eigenvalue weighted by Crippen LogP contribution is 2.18. The van der Waals surface area contributed by atoms with Gasteiger partial charge in [0.25, 0.3) is 0 Å². The summed E-state index contributed by atoms with van der Waals surface area (Å²) in [6, 6.07) is 7.21. The Labute approximate surface area is 77.0 Å². The average Bonchev–Trinajstić information content (AvgIpc) is 2.16. The van der Waals surface area contributed by atoms with Crippen LogP contribution in [0.25, 0.3) is 5.57 Å². The molecule has 0 atom stereocenters. The molecular weight excluding hydrogens is 164 g/mol. The molecule has 0 unspecified atom stereocenters. The number of allylic oxidation sites excluding steroid dienone is 1. The molecule has 0 amide bonds. The number of anilines is 1. The van der Waals surface area contributed by atoms with Gasteiger partial charge in [-0.05, 0) is 6.07 Å². The third-order valence-electron chi connectivity index (χ3n) is 1.74. The van der Waals surface area contributed by atoms with Crippen LogP contribution >= 0.6 is 0 Å². The van der Waals surface area contributed by atoms with Crippen molar-refractivity contribution in [2.75, 3.05) is 12.3 Å². The molecule has 68 valence electrons. The van der Waals surface area contributed by atoms with Crippen LogP contribution in [0.5, 0.6) is 0 Å². The highest BCUT2D eigenvalue weighted by Gasteiger charge is 2.02. The van der Waals surface area contributed by atoms with Crippen LogP contribution in [0.15, 0.2) is 30.3 Å². The molecule has 4 N–H and O–H groups in total. The van der Waals surface area contributed by atoms with Gasteiger partial charge < -0.3 is 11.5 Å². The fraction of sp³-hybridized carbons (Fsp3) is 0.100. The molecule has 0 radical (unpaired) electrons. The minimum Gasteiger partial charge on any atom is -0.398 e. The lowest BCUT2D eigenvalue weighted by Crippen LogP contribution is -1.99.